The third-order valence-corrected chi connectivity index (χ3v) is 1.90. The summed E-state index contributed by atoms with van der Waals surface area (Å²) in [6.45, 7) is -2.86. The maximum atomic E-state index is 11.8. The lowest BCUT2D eigenvalue weighted by atomic mass is 10.1. The van der Waals surface area contributed by atoms with Gasteiger partial charge in [0.1, 0.15) is 5.75 Å². The molecule has 0 N–H and O–H groups in total. The minimum atomic E-state index is -2.86. The fourth-order valence-corrected chi connectivity index (χ4v) is 1.15. The molecule has 1 aromatic rings. The van der Waals surface area contributed by atoms with E-state index in [1.165, 1.54) is 24.3 Å². The molecule has 0 saturated carbocycles. The van der Waals surface area contributed by atoms with Crippen LogP contribution >= 0.6 is 0 Å². The van der Waals surface area contributed by atoms with Crippen LogP contribution in [0.1, 0.15) is 23.2 Å². The van der Waals surface area contributed by atoms with Crippen molar-refractivity contribution in [2.75, 3.05) is 0 Å². The molecule has 0 aliphatic rings. The number of ketones is 1. The highest BCUT2D eigenvalue weighted by Crippen LogP contribution is 2.16. The fraction of sp³-hybridized carbons (Fsp3) is 0.250. The molecule has 4 heteroatoms. The molecule has 0 aliphatic carbocycles. The second kappa shape index (κ2) is 5.86. The van der Waals surface area contributed by atoms with E-state index < -0.39 is 6.61 Å². The van der Waals surface area contributed by atoms with E-state index in [2.05, 4.69) is 10.7 Å². The van der Waals surface area contributed by atoms with Crippen LogP contribution in [0, 0.1) is 12.3 Å². The van der Waals surface area contributed by atoms with Crippen LogP contribution in [0.25, 0.3) is 0 Å². The van der Waals surface area contributed by atoms with Crippen molar-refractivity contribution in [2.24, 2.45) is 0 Å². The molecule has 0 fully saturated rings. The van der Waals surface area contributed by atoms with Crippen LogP contribution in [-0.4, -0.2) is 12.4 Å². The number of alkyl halides is 2. The lowest BCUT2D eigenvalue weighted by molar-refractivity contribution is -0.0498. The van der Waals surface area contributed by atoms with Gasteiger partial charge in [0.2, 0.25) is 0 Å². The number of rotatable bonds is 5. The first-order chi connectivity index (χ1) is 7.63. The minimum Gasteiger partial charge on any atom is -0.435 e. The maximum Gasteiger partial charge on any atom is 0.387 e. The third kappa shape index (κ3) is 3.70. The van der Waals surface area contributed by atoms with E-state index in [0.717, 1.165) is 0 Å². The lowest BCUT2D eigenvalue weighted by Crippen LogP contribution is -2.03. The number of carbonyl (C=O) groups excluding carboxylic acids is 1. The molecule has 16 heavy (non-hydrogen) atoms. The van der Waals surface area contributed by atoms with Gasteiger partial charge in [0, 0.05) is 18.4 Å². The number of ether oxygens (including phenoxy) is 1. The zero-order chi connectivity index (χ0) is 12.0. The Morgan fingerprint density at radius 2 is 2.00 bits per heavy atom. The van der Waals surface area contributed by atoms with Gasteiger partial charge in [-0.15, -0.1) is 12.3 Å². The summed E-state index contributed by atoms with van der Waals surface area (Å²) in [7, 11) is 0. The average Bonchev–Trinajstić information content (AvgIpc) is 2.26. The van der Waals surface area contributed by atoms with Crippen LogP contribution < -0.4 is 4.74 Å². The first kappa shape index (κ1) is 12.2. The fourth-order valence-electron chi connectivity index (χ4n) is 1.15. The van der Waals surface area contributed by atoms with Gasteiger partial charge in [-0.3, -0.25) is 4.79 Å². The van der Waals surface area contributed by atoms with Crippen molar-refractivity contribution in [1.29, 1.82) is 0 Å². The molecule has 0 spiro atoms. The summed E-state index contributed by atoms with van der Waals surface area (Å²) in [5, 5.41) is 0. The van der Waals surface area contributed by atoms with E-state index in [1.807, 2.05) is 0 Å². The molecule has 0 heterocycles. The van der Waals surface area contributed by atoms with Crippen LogP contribution in [0.2, 0.25) is 0 Å². The second-order valence-electron chi connectivity index (χ2n) is 3.03. The third-order valence-electron chi connectivity index (χ3n) is 1.90. The van der Waals surface area contributed by atoms with Crippen LogP contribution in [0.3, 0.4) is 0 Å². The van der Waals surface area contributed by atoms with Gasteiger partial charge in [0.15, 0.2) is 5.78 Å². The summed E-state index contributed by atoms with van der Waals surface area (Å²) in [6, 6.07) is 5.54. The molecular formula is C12H10F2O2. The first-order valence-corrected chi connectivity index (χ1v) is 4.65. The summed E-state index contributed by atoms with van der Waals surface area (Å²) >= 11 is 0. The topological polar surface area (TPSA) is 26.3 Å². The molecule has 0 bridgehead atoms. The van der Waals surface area contributed by atoms with Crippen LogP contribution in [0.5, 0.6) is 5.75 Å². The van der Waals surface area contributed by atoms with E-state index >= 15 is 0 Å². The van der Waals surface area contributed by atoms with Crippen molar-refractivity contribution in [3.8, 4) is 18.1 Å². The second-order valence-corrected chi connectivity index (χ2v) is 3.03. The maximum absolute atomic E-state index is 11.8. The van der Waals surface area contributed by atoms with E-state index in [4.69, 9.17) is 6.42 Å². The van der Waals surface area contributed by atoms with Crippen molar-refractivity contribution in [1.82, 2.24) is 0 Å². The van der Waals surface area contributed by atoms with Gasteiger partial charge < -0.3 is 4.74 Å². The number of carbonyl (C=O) groups is 1. The van der Waals surface area contributed by atoms with Gasteiger partial charge in [-0.05, 0) is 24.3 Å². The lowest BCUT2D eigenvalue weighted by Gasteiger charge is -2.04. The number of Topliss-reactive ketones (excluding diaryl/α,β-unsaturated/α-hetero) is 1. The van der Waals surface area contributed by atoms with Crippen LogP contribution in [0.15, 0.2) is 24.3 Å². The van der Waals surface area contributed by atoms with E-state index in [9.17, 15) is 13.6 Å². The molecule has 0 radical (unpaired) electrons. The summed E-state index contributed by atoms with van der Waals surface area (Å²) in [5.41, 5.74) is 0.442. The van der Waals surface area contributed by atoms with Gasteiger partial charge in [-0.1, -0.05) is 0 Å². The Morgan fingerprint density at radius 3 is 2.50 bits per heavy atom. The normalized spacial score (nSPS) is 9.88. The minimum absolute atomic E-state index is 0.0310. The molecule has 1 rings (SSSR count). The molecule has 0 amide bonds. The predicted molar refractivity (Wildman–Crippen MR) is 55.5 cm³/mol. The smallest absolute Gasteiger partial charge is 0.387 e. The Hall–Kier alpha value is -1.89. The van der Waals surface area contributed by atoms with Crippen LogP contribution in [0.4, 0.5) is 8.78 Å². The van der Waals surface area contributed by atoms with Crippen LogP contribution in [-0.2, 0) is 0 Å². The molecule has 0 aliphatic heterocycles. The number of hydrogen-bond acceptors (Lipinski definition) is 2. The van der Waals surface area contributed by atoms with Gasteiger partial charge in [0.25, 0.3) is 0 Å². The van der Waals surface area contributed by atoms with Crippen molar-refractivity contribution in [2.45, 2.75) is 19.5 Å². The van der Waals surface area contributed by atoms with Gasteiger partial charge in [0.05, 0.1) is 0 Å². The predicted octanol–water partition coefficient (Wildman–Crippen LogP) is 2.88. The standard InChI is InChI=1S/C12H10F2O2/c1-2-3-4-11(15)9-5-7-10(8-6-9)16-12(13)14/h1,5-8,12H,3-4H2. The van der Waals surface area contributed by atoms with Crippen molar-refractivity contribution >= 4 is 5.78 Å². The highest BCUT2D eigenvalue weighted by Gasteiger charge is 2.07. The van der Waals surface area contributed by atoms with E-state index in [1.54, 1.807) is 0 Å². The Bertz CT molecular complexity index is 390. The quantitative estimate of drug-likeness (QED) is 0.567. The molecule has 0 atom stereocenters. The molecule has 0 aromatic heterocycles. The van der Waals surface area contributed by atoms with Gasteiger partial charge in [-0.25, -0.2) is 0 Å². The number of hydrogen-bond donors (Lipinski definition) is 0. The van der Waals surface area contributed by atoms with E-state index in [0.29, 0.717) is 12.0 Å². The molecule has 1 aromatic carbocycles. The molecule has 2 nitrogen and oxygen atoms in total. The molecule has 84 valence electrons. The Balaban J connectivity index is 2.64. The summed E-state index contributed by atoms with van der Waals surface area (Å²) in [6.07, 6.45) is 5.65. The Morgan fingerprint density at radius 1 is 1.38 bits per heavy atom. The van der Waals surface area contributed by atoms with Gasteiger partial charge in [-0.2, -0.15) is 8.78 Å². The molecule has 0 saturated heterocycles. The zero-order valence-corrected chi connectivity index (χ0v) is 8.45. The first-order valence-electron chi connectivity index (χ1n) is 4.65. The summed E-state index contributed by atoms with van der Waals surface area (Å²) < 4.78 is 27.8. The Labute approximate surface area is 92.2 Å². The van der Waals surface area contributed by atoms with Crippen molar-refractivity contribution in [3.05, 3.63) is 29.8 Å². The average molecular weight is 224 g/mol. The highest BCUT2D eigenvalue weighted by molar-refractivity contribution is 5.96. The van der Waals surface area contributed by atoms with E-state index in [-0.39, 0.29) is 18.0 Å². The number of halogens is 2. The molecule has 0 unspecified atom stereocenters. The highest BCUT2D eigenvalue weighted by atomic mass is 19.3. The monoisotopic (exact) mass is 224 g/mol. The van der Waals surface area contributed by atoms with Crippen molar-refractivity contribution in [3.63, 3.8) is 0 Å². The van der Waals surface area contributed by atoms with Gasteiger partial charge >= 0.3 is 6.61 Å². The Kier molecular flexibility index (Phi) is 4.46. The summed E-state index contributed by atoms with van der Waals surface area (Å²) in [4.78, 5) is 11.5. The largest absolute Gasteiger partial charge is 0.435 e. The molecular weight excluding hydrogens is 214 g/mol. The zero-order valence-electron chi connectivity index (χ0n) is 8.45. The number of terminal acetylenes is 1. The SMILES string of the molecule is C#CCCC(=O)c1ccc(OC(F)F)cc1. The number of benzene rings is 1. The van der Waals surface area contributed by atoms with Crippen molar-refractivity contribution < 1.29 is 18.3 Å². The summed E-state index contributed by atoms with van der Waals surface area (Å²) in [5.74, 6) is 2.28.